The van der Waals surface area contributed by atoms with Crippen molar-refractivity contribution in [3.05, 3.63) is 0 Å². The summed E-state index contributed by atoms with van der Waals surface area (Å²) in [6, 6.07) is 0.763. The van der Waals surface area contributed by atoms with Gasteiger partial charge in [-0.1, -0.05) is 13.8 Å². The van der Waals surface area contributed by atoms with Crippen molar-refractivity contribution in [1.82, 2.24) is 10.2 Å². The number of rotatable bonds is 3. The van der Waals surface area contributed by atoms with Crippen molar-refractivity contribution in [2.75, 3.05) is 19.6 Å². The molecule has 82 valence electrons. The number of nitrogens with one attached hydrogen (secondary N) is 1. The average Bonchev–Trinajstić information content (AvgIpc) is 2.89. The predicted molar refractivity (Wildman–Crippen MR) is 60.5 cm³/mol. The molecule has 2 aliphatic rings. The quantitative estimate of drug-likeness (QED) is 0.741. The molecule has 1 heterocycles. The molecule has 2 fully saturated rings. The third kappa shape index (κ3) is 1.96. The van der Waals surface area contributed by atoms with Crippen molar-refractivity contribution in [3.63, 3.8) is 0 Å². The number of hydrogen-bond donors (Lipinski definition) is 1. The molecule has 0 bridgehead atoms. The smallest absolute Gasteiger partial charge is 0.0182 e. The van der Waals surface area contributed by atoms with E-state index >= 15 is 0 Å². The molecule has 1 aliphatic carbocycles. The van der Waals surface area contributed by atoms with E-state index in [0.717, 1.165) is 18.5 Å². The zero-order valence-electron chi connectivity index (χ0n) is 9.84. The summed E-state index contributed by atoms with van der Waals surface area (Å²) in [6.07, 6.45) is 4.18. The van der Waals surface area contributed by atoms with Crippen LogP contribution in [0.5, 0.6) is 0 Å². The van der Waals surface area contributed by atoms with Crippen LogP contribution in [-0.4, -0.2) is 36.1 Å². The topological polar surface area (TPSA) is 15.3 Å². The van der Waals surface area contributed by atoms with E-state index in [4.69, 9.17) is 0 Å². The van der Waals surface area contributed by atoms with Gasteiger partial charge in [0.15, 0.2) is 0 Å². The highest BCUT2D eigenvalue weighted by Gasteiger charge is 2.45. The van der Waals surface area contributed by atoms with Gasteiger partial charge in [0.05, 0.1) is 0 Å². The highest BCUT2D eigenvalue weighted by molar-refractivity contribution is 5.02. The minimum Gasteiger partial charge on any atom is -0.314 e. The van der Waals surface area contributed by atoms with Crippen LogP contribution in [0.25, 0.3) is 0 Å². The third-order valence-corrected chi connectivity index (χ3v) is 4.11. The summed E-state index contributed by atoms with van der Waals surface area (Å²) < 4.78 is 0. The SMILES string of the molecule is CCNC1CCN(C2(C)CC2)CC1C. The number of nitrogens with zero attached hydrogens (tertiary/aromatic N) is 1. The van der Waals surface area contributed by atoms with E-state index in [2.05, 4.69) is 31.0 Å². The van der Waals surface area contributed by atoms with Crippen LogP contribution in [0.2, 0.25) is 0 Å². The lowest BCUT2D eigenvalue weighted by molar-refractivity contribution is 0.0999. The van der Waals surface area contributed by atoms with Gasteiger partial charge >= 0.3 is 0 Å². The fraction of sp³-hybridized carbons (Fsp3) is 1.00. The first-order chi connectivity index (χ1) is 6.65. The van der Waals surface area contributed by atoms with Crippen LogP contribution in [0.15, 0.2) is 0 Å². The first-order valence-corrected chi connectivity index (χ1v) is 6.14. The summed E-state index contributed by atoms with van der Waals surface area (Å²) in [7, 11) is 0. The molecule has 1 saturated carbocycles. The van der Waals surface area contributed by atoms with E-state index in [1.807, 2.05) is 0 Å². The normalized spacial score (nSPS) is 37.1. The van der Waals surface area contributed by atoms with Crippen molar-refractivity contribution in [3.8, 4) is 0 Å². The minimum atomic E-state index is 0.589. The maximum absolute atomic E-state index is 3.60. The molecule has 2 atom stereocenters. The Labute approximate surface area is 88.1 Å². The van der Waals surface area contributed by atoms with Crippen LogP contribution in [0.1, 0.15) is 40.0 Å². The van der Waals surface area contributed by atoms with Crippen LogP contribution in [0.3, 0.4) is 0 Å². The summed E-state index contributed by atoms with van der Waals surface area (Å²) in [6.45, 7) is 10.7. The maximum Gasteiger partial charge on any atom is 0.0182 e. The van der Waals surface area contributed by atoms with E-state index in [0.29, 0.717) is 5.54 Å². The van der Waals surface area contributed by atoms with Crippen LogP contribution >= 0.6 is 0 Å². The van der Waals surface area contributed by atoms with Crippen molar-refractivity contribution >= 4 is 0 Å². The second-order valence-electron chi connectivity index (χ2n) is 5.37. The van der Waals surface area contributed by atoms with Crippen molar-refractivity contribution in [2.24, 2.45) is 5.92 Å². The van der Waals surface area contributed by atoms with Crippen LogP contribution in [0, 0.1) is 5.92 Å². The van der Waals surface area contributed by atoms with E-state index < -0.39 is 0 Å². The molecule has 2 heteroatoms. The fourth-order valence-electron chi connectivity index (χ4n) is 2.70. The summed E-state index contributed by atoms with van der Waals surface area (Å²) >= 11 is 0. The second-order valence-corrected chi connectivity index (χ2v) is 5.37. The van der Waals surface area contributed by atoms with Gasteiger partial charge in [0, 0.05) is 24.7 Å². The molecule has 0 amide bonds. The van der Waals surface area contributed by atoms with E-state index in [-0.39, 0.29) is 0 Å². The maximum atomic E-state index is 3.60. The largest absolute Gasteiger partial charge is 0.314 e. The van der Waals surface area contributed by atoms with E-state index in [1.54, 1.807) is 0 Å². The lowest BCUT2D eigenvalue weighted by atomic mass is 9.92. The molecule has 0 aromatic heterocycles. The Morgan fingerprint density at radius 3 is 2.64 bits per heavy atom. The molecule has 0 aromatic rings. The van der Waals surface area contributed by atoms with Gasteiger partial charge in [-0.05, 0) is 38.6 Å². The first kappa shape index (κ1) is 10.4. The molecule has 1 saturated heterocycles. The summed E-state index contributed by atoms with van der Waals surface area (Å²) in [5.74, 6) is 0.820. The molecule has 2 rings (SSSR count). The Morgan fingerprint density at radius 1 is 1.43 bits per heavy atom. The highest BCUT2D eigenvalue weighted by atomic mass is 15.2. The summed E-state index contributed by atoms with van der Waals surface area (Å²) in [4.78, 5) is 2.71. The monoisotopic (exact) mass is 196 g/mol. The van der Waals surface area contributed by atoms with Gasteiger partial charge in [0.2, 0.25) is 0 Å². The minimum absolute atomic E-state index is 0.589. The third-order valence-electron chi connectivity index (χ3n) is 4.11. The number of likely N-dealkylation sites (tertiary alicyclic amines) is 1. The molecule has 0 aromatic carbocycles. The highest BCUT2D eigenvalue weighted by Crippen LogP contribution is 2.42. The Balaban J connectivity index is 1.86. The van der Waals surface area contributed by atoms with Gasteiger partial charge in [0.25, 0.3) is 0 Å². The van der Waals surface area contributed by atoms with E-state index in [9.17, 15) is 0 Å². The molecular formula is C12H24N2. The lowest BCUT2D eigenvalue weighted by Gasteiger charge is -2.40. The van der Waals surface area contributed by atoms with Gasteiger partial charge < -0.3 is 5.32 Å². The Hall–Kier alpha value is -0.0800. The first-order valence-electron chi connectivity index (χ1n) is 6.14. The molecule has 2 unspecified atom stereocenters. The molecule has 0 radical (unpaired) electrons. The molecular weight excluding hydrogens is 172 g/mol. The van der Waals surface area contributed by atoms with Gasteiger partial charge in [-0.15, -0.1) is 0 Å². The molecule has 0 spiro atoms. The molecule has 14 heavy (non-hydrogen) atoms. The number of hydrogen-bond acceptors (Lipinski definition) is 2. The van der Waals surface area contributed by atoms with E-state index in [1.165, 1.54) is 32.4 Å². The summed E-state index contributed by atoms with van der Waals surface area (Å²) in [5, 5.41) is 3.60. The average molecular weight is 196 g/mol. The molecule has 2 nitrogen and oxygen atoms in total. The Morgan fingerprint density at radius 2 is 2.14 bits per heavy atom. The Kier molecular flexibility index (Phi) is 2.85. The van der Waals surface area contributed by atoms with Crippen molar-refractivity contribution in [1.29, 1.82) is 0 Å². The lowest BCUT2D eigenvalue weighted by Crippen LogP contribution is -2.51. The molecule has 1 aliphatic heterocycles. The summed E-state index contributed by atoms with van der Waals surface area (Å²) in [5.41, 5.74) is 0.589. The zero-order valence-corrected chi connectivity index (χ0v) is 9.84. The fourth-order valence-corrected chi connectivity index (χ4v) is 2.70. The van der Waals surface area contributed by atoms with Crippen LogP contribution in [0.4, 0.5) is 0 Å². The zero-order chi connectivity index (χ0) is 10.2. The van der Waals surface area contributed by atoms with Gasteiger partial charge in [-0.25, -0.2) is 0 Å². The van der Waals surface area contributed by atoms with Gasteiger partial charge in [0.1, 0.15) is 0 Å². The second kappa shape index (κ2) is 3.82. The van der Waals surface area contributed by atoms with Gasteiger partial charge in [-0.2, -0.15) is 0 Å². The van der Waals surface area contributed by atoms with Crippen molar-refractivity contribution in [2.45, 2.75) is 51.6 Å². The van der Waals surface area contributed by atoms with Gasteiger partial charge in [-0.3, -0.25) is 4.90 Å². The van der Waals surface area contributed by atoms with Crippen LogP contribution < -0.4 is 5.32 Å². The predicted octanol–water partition coefficient (Wildman–Crippen LogP) is 1.86. The van der Waals surface area contributed by atoms with Crippen LogP contribution in [-0.2, 0) is 0 Å². The number of piperidine rings is 1. The Bertz CT molecular complexity index is 198. The van der Waals surface area contributed by atoms with Crippen molar-refractivity contribution < 1.29 is 0 Å². The molecule has 1 N–H and O–H groups in total. The standard InChI is InChI=1S/C12H24N2/c1-4-13-11-5-8-14(9-10(11)2)12(3)6-7-12/h10-11,13H,4-9H2,1-3H3.